The van der Waals surface area contributed by atoms with Gasteiger partial charge in [-0.3, -0.25) is 9.59 Å². The maximum Gasteiger partial charge on any atom is 0.387 e. The molecular weight excluding hydrogens is 308 g/mol. The molecule has 132 valence electrons. The van der Waals surface area contributed by atoms with E-state index in [-0.39, 0.29) is 17.7 Å². The Morgan fingerprint density at radius 2 is 1.38 bits per heavy atom. The third kappa shape index (κ3) is 4.43. The van der Waals surface area contributed by atoms with Gasteiger partial charge in [-0.1, -0.05) is 48.5 Å². The van der Waals surface area contributed by atoms with Crippen LogP contribution in [0.3, 0.4) is 0 Å². The molecule has 1 rings (SSSR count). The van der Waals surface area contributed by atoms with Gasteiger partial charge in [-0.05, 0) is 23.0 Å². The molecule has 0 aliphatic carbocycles. The van der Waals surface area contributed by atoms with E-state index < -0.39 is 28.6 Å². The number of carbonyl (C=O) groups is 3. The van der Waals surface area contributed by atoms with Crippen molar-refractivity contribution in [3.05, 3.63) is 28.8 Å². The van der Waals surface area contributed by atoms with Crippen molar-refractivity contribution in [1.29, 1.82) is 0 Å². The monoisotopic (exact) mass is 334 g/mol. The summed E-state index contributed by atoms with van der Waals surface area (Å²) in [6, 6.07) is 2.98. The van der Waals surface area contributed by atoms with E-state index in [4.69, 9.17) is 0 Å². The smallest absolute Gasteiger partial charge is 0.387 e. The highest BCUT2D eigenvalue weighted by Crippen LogP contribution is 2.39. The summed E-state index contributed by atoms with van der Waals surface area (Å²) in [5, 5.41) is 10.6. The number of ether oxygens (including phenoxy) is 1. The van der Waals surface area contributed by atoms with Crippen molar-refractivity contribution >= 4 is 17.7 Å². The van der Waals surface area contributed by atoms with Gasteiger partial charge in [0.25, 0.3) is 5.78 Å². The molecule has 0 saturated heterocycles. The van der Waals surface area contributed by atoms with Crippen molar-refractivity contribution in [3.63, 3.8) is 0 Å². The second-order valence-electron chi connectivity index (χ2n) is 7.86. The Bertz CT molecular complexity index is 637. The zero-order chi connectivity index (χ0) is 18.9. The average molecular weight is 334 g/mol. The molecule has 1 N–H and O–H groups in total. The predicted molar refractivity (Wildman–Crippen MR) is 91.2 cm³/mol. The lowest BCUT2D eigenvalue weighted by Gasteiger charge is -2.27. The van der Waals surface area contributed by atoms with Crippen molar-refractivity contribution < 1.29 is 24.2 Å². The summed E-state index contributed by atoms with van der Waals surface area (Å²) < 4.78 is 4.51. The molecule has 0 amide bonds. The van der Waals surface area contributed by atoms with Gasteiger partial charge >= 0.3 is 11.9 Å². The number of esters is 2. The first-order chi connectivity index (χ1) is 10.8. The maximum absolute atomic E-state index is 12.4. The van der Waals surface area contributed by atoms with Crippen LogP contribution in [0.5, 0.6) is 5.75 Å². The van der Waals surface area contributed by atoms with Gasteiger partial charge in [0.1, 0.15) is 5.75 Å². The van der Waals surface area contributed by atoms with E-state index >= 15 is 0 Å². The average Bonchev–Trinajstić information content (AvgIpc) is 2.43. The molecule has 0 fully saturated rings. The maximum atomic E-state index is 12.4. The Labute approximate surface area is 143 Å². The fourth-order valence-corrected chi connectivity index (χ4v) is 2.25. The van der Waals surface area contributed by atoms with Crippen LogP contribution in [0.25, 0.3) is 0 Å². The number of benzene rings is 1. The number of aromatic hydroxyl groups is 1. The first kappa shape index (κ1) is 19.9. The number of carbonyl (C=O) groups excluding carboxylic acids is 3. The van der Waals surface area contributed by atoms with Crippen LogP contribution in [0.15, 0.2) is 12.1 Å². The standard InChI is InChI=1S/C19H26O5/c1-8-14(20)24-17(23)15(21)11-9-12(18(2,3)4)16(22)13(10-11)19(5,6)7/h9-10,22H,8H2,1-7H3. The molecule has 5 heteroatoms. The highest BCUT2D eigenvalue weighted by atomic mass is 16.6. The summed E-state index contributed by atoms with van der Waals surface area (Å²) in [5.41, 5.74) is 0.380. The van der Waals surface area contributed by atoms with Gasteiger partial charge in [0.05, 0.1) is 0 Å². The molecule has 0 spiro atoms. The van der Waals surface area contributed by atoms with E-state index in [1.807, 2.05) is 41.5 Å². The molecule has 0 unspecified atom stereocenters. The molecular formula is C19H26O5. The Morgan fingerprint density at radius 3 is 1.71 bits per heavy atom. The molecule has 0 saturated carbocycles. The highest BCUT2D eigenvalue weighted by Gasteiger charge is 2.30. The van der Waals surface area contributed by atoms with E-state index in [1.165, 1.54) is 19.1 Å². The van der Waals surface area contributed by atoms with Crippen LogP contribution in [-0.2, 0) is 25.2 Å². The number of hydrogen-bond acceptors (Lipinski definition) is 5. The zero-order valence-corrected chi connectivity index (χ0v) is 15.4. The SMILES string of the molecule is CCC(=O)OC(=O)C(=O)c1cc(C(C)(C)C)c(O)c(C(C)(C)C)c1. The number of ketones is 1. The summed E-state index contributed by atoms with van der Waals surface area (Å²) in [6.07, 6.45) is 0.00901. The Morgan fingerprint density at radius 1 is 0.958 bits per heavy atom. The first-order valence-corrected chi connectivity index (χ1v) is 7.96. The largest absolute Gasteiger partial charge is 0.507 e. The van der Waals surface area contributed by atoms with Crippen molar-refractivity contribution in [2.45, 2.75) is 65.7 Å². The van der Waals surface area contributed by atoms with E-state index in [9.17, 15) is 19.5 Å². The van der Waals surface area contributed by atoms with Gasteiger partial charge < -0.3 is 9.84 Å². The van der Waals surface area contributed by atoms with Gasteiger partial charge in [-0.15, -0.1) is 0 Å². The van der Waals surface area contributed by atoms with Crippen LogP contribution in [0.1, 0.15) is 76.4 Å². The normalized spacial score (nSPS) is 12.0. The minimum Gasteiger partial charge on any atom is -0.507 e. The van der Waals surface area contributed by atoms with Gasteiger partial charge in [0.15, 0.2) is 0 Å². The third-order valence-corrected chi connectivity index (χ3v) is 3.67. The summed E-state index contributed by atoms with van der Waals surface area (Å²) in [5.74, 6) is -2.73. The second-order valence-corrected chi connectivity index (χ2v) is 7.86. The van der Waals surface area contributed by atoms with Crippen LogP contribution in [-0.4, -0.2) is 22.8 Å². The van der Waals surface area contributed by atoms with Crippen molar-refractivity contribution in [3.8, 4) is 5.75 Å². The van der Waals surface area contributed by atoms with Crippen molar-refractivity contribution in [1.82, 2.24) is 0 Å². The Hall–Kier alpha value is -2.17. The predicted octanol–water partition coefficient (Wildman–Crippen LogP) is 3.65. The number of rotatable bonds is 3. The topological polar surface area (TPSA) is 80.7 Å². The molecule has 5 nitrogen and oxygen atoms in total. The molecule has 0 aliphatic rings. The van der Waals surface area contributed by atoms with Crippen LogP contribution < -0.4 is 0 Å². The fourth-order valence-electron chi connectivity index (χ4n) is 2.25. The molecule has 24 heavy (non-hydrogen) atoms. The fraction of sp³-hybridized carbons (Fsp3) is 0.526. The van der Waals surface area contributed by atoms with Crippen molar-refractivity contribution in [2.24, 2.45) is 0 Å². The third-order valence-electron chi connectivity index (χ3n) is 3.67. The van der Waals surface area contributed by atoms with E-state index in [0.29, 0.717) is 11.1 Å². The number of phenols is 1. The Kier molecular flexibility index (Phi) is 5.59. The molecule has 1 aromatic carbocycles. The summed E-state index contributed by atoms with van der Waals surface area (Å²) >= 11 is 0. The number of hydrogen-bond donors (Lipinski definition) is 1. The molecule has 0 aromatic heterocycles. The molecule has 0 atom stereocenters. The van der Waals surface area contributed by atoms with Crippen LogP contribution in [0.4, 0.5) is 0 Å². The summed E-state index contributed by atoms with van der Waals surface area (Å²) in [6.45, 7) is 13.0. The quantitative estimate of drug-likeness (QED) is 0.395. The zero-order valence-electron chi connectivity index (χ0n) is 15.4. The van der Waals surface area contributed by atoms with Crippen molar-refractivity contribution in [2.75, 3.05) is 0 Å². The van der Waals surface area contributed by atoms with Gasteiger partial charge in [0.2, 0.25) is 0 Å². The lowest BCUT2D eigenvalue weighted by Crippen LogP contribution is -2.24. The van der Waals surface area contributed by atoms with Gasteiger partial charge in [-0.2, -0.15) is 0 Å². The lowest BCUT2D eigenvalue weighted by molar-refractivity contribution is -0.156. The molecule has 0 bridgehead atoms. The molecule has 0 heterocycles. The molecule has 1 aromatic rings. The van der Waals surface area contributed by atoms with Crippen LogP contribution in [0.2, 0.25) is 0 Å². The van der Waals surface area contributed by atoms with Crippen LogP contribution >= 0.6 is 0 Å². The lowest BCUT2D eigenvalue weighted by atomic mass is 9.78. The number of Topliss-reactive ketones (excluding diaryl/α,β-unsaturated/α-hetero) is 1. The van der Waals surface area contributed by atoms with E-state index in [2.05, 4.69) is 4.74 Å². The second kappa shape index (κ2) is 6.75. The van der Waals surface area contributed by atoms with E-state index in [0.717, 1.165) is 0 Å². The number of phenolic OH excluding ortho intramolecular Hbond substituents is 1. The first-order valence-electron chi connectivity index (χ1n) is 7.96. The molecule has 0 aliphatic heterocycles. The van der Waals surface area contributed by atoms with Gasteiger partial charge in [0, 0.05) is 23.1 Å². The minimum absolute atomic E-state index is 0.00901. The summed E-state index contributed by atoms with van der Waals surface area (Å²) in [4.78, 5) is 35.5. The minimum atomic E-state index is -1.20. The summed E-state index contributed by atoms with van der Waals surface area (Å²) in [7, 11) is 0. The van der Waals surface area contributed by atoms with E-state index in [1.54, 1.807) is 0 Å². The van der Waals surface area contributed by atoms with Crippen LogP contribution in [0, 0.1) is 0 Å². The van der Waals surface area contributed by atoms with Gasteiger partial charge in [-0.25, -0.2) is 4.79 Å². The highest BCUT2D eigenvalue weighted by molar-refractivity contribution is 6.42. The molecule has 0 radical (unpaired) electrons. The Balaban J connectivity index is 3.47.